The molecule has 0 unspecified atom stereocenters. The van der Waals surface area contributed by atoms with Gasteiger partial charge in [-0.2, -0.15) is 0 Å². The summed E-state index contributed by atoms with van der Waals surface area (Å²) in [6.45, 7) is 2.50. The lowest BCUT2D eigenvalue weighted by Crippen LogP contribution is -2.38. The Morgan fingerprint density at radius 1 is 1.25 bits per heavy atom. The molecule has 1 saturated heterocycles. The summed E-state index contributed by atoms with van der Waals surface area (Å²) < 4.78 is 5.19. The van der Waals surface area contributed by atoms with Crippen molar-refractivity contribution in [3.63, 3.8) is 0 Å². The van der Waals surface area contributed by atoms with Gasteiger partial charge in [-0.3, -0.25) is 9.59 Å². The van der Waals surface area contributed by atoms with Crippen molar-refractivity contribution >= 4 is 24.2 Å². The van der Waals surface area contributed by atoms with Crippen molar-refractivity contribution in [2.45, 2.75) is 19.3 Å². The van der Waals surface area contributed by atoms with Crippen molar-refractivity contribution in [1.82, 2.24) is 10.2 Å². The van der Waals surface area contributed by atoms with Crippen LogP contribution in [-0.4, -0.2) is 50.0 Å². The average Bonchev–Trinajstić information content (AvgIpc) is 2.58. The van der Waals surface area contributed by atoms with E-state index in [2.05, 4.69) is 5.32 Å². The molecule has 1 aliphatic heterocycles. The first-order valence-electron chi connectivity index (χ1n) is 8.05. The Hall–Kier alpha value is -1.79. The van der Waals surface area contributed by atoms with Crippen molar-refractivity contribution in [2.24, 2.45) is 11.7 Å². The minimum atomic E-state index is -0.522. The van der Waals surface area contributed by atoms with Gasteiger partial charge in [0.05, 0.1) is 0 Å². The van der Waals surface area contributed by atoms with E-state index in [9.17, 15) is 9.59 Å². The second kappa shape index (κ2) is 10.2. The van der Waals surface area contributed by atoms with Crippen LogP contribution in [0.3, 0.4) is 0 Å². The summed E-state index contributed by atoms with van der Waals surface area (Å²) in [4.78, 5) is 25.1. The highest BCUT2D eigenvalue weighted by Crippen LogP contribution is 2.22. The summed E-state index contributed by atoms with van der Waals surface area (Å²) >= 11 is 0. The first-order valence-corrected chi connectivity index (χ1v) is 8.05. The number of rotatable bonds is 7. The molecule has 0 aromatic heterocycles. The normalized spacial score (nSPS) is 14.8. The number of nitrogens with zero attached hydrogens (tertiary/aromatic N) is 1. The molecule has 1 aromatic rings. The van der Waals surface area contributed by atoms with Crippen LogP contribution in [-0.2, 0) is 4.79 Å². The Bertz CT molecular complexity index is 528. The van der Waals surface area contributed by atoms with Crippen molar-refractivity contribution < 1.29 is 14.3 Å². The maximum absolute atomic E-state index is 12.5. The van der Waals surface area contributed by atoms with E-state index < -0.39 is 5.91 Å². The molecule has 3 N–H and O–H groups in total. The van der Waals surface area contributed by atoms with Gasteiger partial charge in [0.2, 0.25) is 0 Å². The van der Waals surface area contributed by atoms with Crippen molar-refractivity contribution in [2.75, 3.05) is 33.3 Å². The number of halogens is 1. The summed E-state index contributed by atoms with van der Waals surface area (Å²) in [7, 11) is 1.97. The fourth-order valence-corrected chi connectivity index (χ4v) is 2.80. The molecule has 1 fully saturated rings. The molecular formula is C17H26ClN3O3. The van der Waals surface area contributed by atoms with Crippen molar-refractivity contribution in [1.29, 1.82) is 0 Å². The molecule has 6 nitrogen and oxygen atoms in total. The highest BCUT2D eigenvalue weighted by Gasteiger charge is 2.23. The van der Waals surface area contributed by atoms with Gasteiger partial charge in [-0.05, 0) is 63.0 Å². The van der Waals surface area contributed by atoms with Crippen molar-refractivity contribution in [3.8, 4) is 5.75 Å². The summed E-state index contributed by atoms with van der Waals surface area (Å²) in [5.41, 5.74) is 5.67. The highest BCUT2D eigenvalue weighted by atomic mass is 35.5. The number of amides is 2. The lowest BCUT2D eigenvalue weighted by molar-refractivity contribution is -0.119. The van der Waals surface area contributed by atoms with Gasteiger partial charge < -0.3 is 20.7 Å². The zero-order chi connectivity index (χ0) is 16.7. The van der Waals surface area contributed by atoms with Crippen LogP contribution in [0.2, 0.25) is 0 Å². The predicted molar refractivity (Wildman–Crippen MR) is 95.6 cm³/mol. The monoisotopic (exact) mass is 355 g/mol. The van der Waals surface area contributed by atoms with E-state index in [0.29, 0.717) is 17.2 Å². The molecule has 0 aliphatic carbocycles. The second-order valence-electron chi connectivity index (χ2n) is 5.91. The first-order chi connectivity index (χ1) is 11.1. The van der Waals surface area contributed by atoms with Crippen LogP contribution in [0.4, 0.5) is 0 Å². The third-order valence-corrected chi connectivity index (χ3v) is 4.19. The van der Waals surface area contributed by atoms with Crippen LogP contribution in [0.25, 0.3) is 0 Å². The van der Waals surface area contributed by atoms with Crippen LogP contribution in [0.5, 0.6) is 5.75 Å². The van der Waals surface area contributed by atoms with Gasteiger partial charge in [0.1, 0.15) is 5.75 Å². The van der Waals surface area contributed by atoms with Crippen LogP contribution in [0.15, 0.2) is 24.3 Å². The van der Waals surface area contributed by atoms with Gasteiger partial charge in [-0.25, -0.2) is 0 Å². The molecule has 1 aliphatic rings. The second-order valence-corrected chi connectivity index (χ2v) is 5.91. The van der Waals surface area contributed by atoms with E-state index in [-0.39, 0.29) is 24.9 Å². The molecule has 1 aromatic carbocycles. The average molecular weight is 356 g/mol. The van der Waals surface area contributed by atoms with E-state index in [1.165, 1.54) is 6.42 Å². The van der Waals surface area contributed by atoms with Crippen LogP contribution in [0, 0.1) is 5.92 Å². The first kappa shape index (κ1) is 20.3. The zero-order valence-electron chi connectivity index (χ0n) is 14.0. The maximum atomic E-state index is 12.5. The summed E-state index contributed by atoms with van der Waals surface area (Å²) in [6, 6.07) is 6.84. The number of piperidine rings is 1. The topological polar surface area (TPSA) is 84.7 Å². The summed E-state index contributed by atoms with van der Waals surface area (Å²) in [5.74, 6) is 0.770. The molecule has 1 heterocycles. The van der Waals surface area contributed by atoms with E-state index >= 15 is 0 Å². The van der Waals surface area contributed by atoms with Gasteiger partial charge in [-0.15, -0.1) is 12.4 Å². The standard InChI is InChI=1S/C17H25N3O3.ClH/c1-19-9-6-13-7-10-20(11-8-13)17(22)14-2-4-15(5-3-14)23-12-16(18)21;/h2-5,13,19H,6-12H2,1H3,(H2,18,21);1H. The van der Waals surface area contributed by atoms with Gasteiger partial charge in [0.15, 0.2) is 6.61 Å². The van der Waals surface area contributed by atoms with E-state index in [4.69, 9.17) is 10.5 Å². The zero-order valence-corrected chi connectivity index (χ0v) is 14.8. The number of hydrogen-bond acceptors (Lipinski definition) is 4. The predicted octanol–water partition coefficient (Wildman–Crippen LogP) is 1.43. The minimum absolute atomic E-state index is 0. The van der Waals surface area contributed by atoms with Crippen LogP contribution >= 0.6 is 12.4 Å². The fourth-order valence-electron chi connectivity index (χ4n) is 2.80. The number of benzene rings is 1. The Labute approximate surface area is 149 Å². The molecular weight excluding hydrogens is 330 g/mol. The Balaban J connectivity index is 0.00000288. The number of ether oxygens (including phenoxy) is 1. The molecule has 0 spiro atoms. The molecule has 2 amide bonds. The molecule has 2 rings (SSSR count). The van der Waals surface area contributed by atoms with Gasteiger partial charge in [0, 0.05) is 18.7 Å². The van der Waals surface area contributed by atoms with E-state index in [1.807, 2.05) is 11.9 Å². The largest absolute Gasteiger partial charge is 0.484 e. The van der Waals surface area contributed by atoms with Gasteiger partial charge in [-0.1, -0.05) is 0 Å². The number of carbonyl (C=O) groups is 2. The third-order valence-electron chi connectivity index (χ3n) is 4.19. The lowest BCUT2D eigenvalue weighted by atomic mass is 9.93. The number of carbonyl (C=O) groups excluding carboxylic acids is 2. The summed E-state index contributed by atoms with van der Waals surface area (Å²) in [5, 5.41) is 3.18. The maximum Gasteiger partial charge on any atom is 0.255 e. The quantitative estimate of drug-likeness (QED) is 0.775. The smallest absolute Gasteiger partial charge is 0.255 e. The SMILES string of the molecule is CNCCC1CCN(C(=O)c2ccc(OCC(N)=O)cc2)CC1.Cl. The highest BCUT2D eigenvalue weighted by molar-refractivity contribution is 5.94. The van der Waals surface area contributed by atoms with E-state index in [0.717, 1.165) is 32.5 Å². The lowest BCUT2D eigenvalue weighted by Gasteiger charge is -2.32. The molecule has 0 bridgehead atoms. The third kappa shape index (κ3) is 6.02. The molecule has 24 heavy (non-hydrogen) atoms. The summed E-state index contributed by atoms with van der Waals surface area (Å²) in [6.07, 6.45) is 3.30. The van der Waals surface area contributed by atoms with Gasteiger partial charge in [0.25, 0.3) is 11.8 Å². The number of nitrogens with two attached hydrogens (primary N) is 1. The van der Waals surface area contributed by atoms with Gasteiger partial charge >= 0.3 is 0 Å². The Morgan fingerprint density at radius 3 is 2.42 bits per heavy atom. The van der Waals surface area contributed by atoms with E-state index in [1.54, 1.807) is 24.3 Å². The van der Waals surface area contributed by atoms with Crippen LogP contribution < -0.4 is 15.8 Å². The molecule has 7 heteroatoms. The van der Waals surface area contributed by atoms with Crippen LogP contribution in [0.1, 0.15) is 29.6 Å². The number of nitrogens with one attached hydrogen (secondary N) is 1. The molecule has 0 radical (unpaired) electrons. The Morgan fingerprint density at radius 2 is 1.88 bits per heavy atom. The molecule has 0 saturated carbocycles. The molecule has 134 valence electrons. The fraction of sp³-hybridized carbons (Fsp3) is 0.529. The minimum Gasteiger partial charge on any atom is -0.484 e. The Kier molecular flexibility index (Phi) is 8.57. The number of primary amides is 1. The van der Waals surface area contributed by atoms with Crippen molar-refractivity contribution in [3.05, 3.63) is 29.8 Å². The molecule has 0 atom stereocenters. The number of likely N-dealkylation sites (tertiary alicyclic amines) is 1. The number of hydrogen-bond donors (Lipinski definition) is 2.